The Morgan fingerprint density at radius 1 is 1.12 bits per heavy atom. The first-order valence-corrected chi connectivity index (χ1v) is 5.59. The summed E-state index contributed by atoms with van der Waals surface area (Å²) in [6.07, 6.45) is 5.27. The van der Waals surface area contributed by atoms with Crippen LogP contribution in [0.3, 0.4) is 0 Å². The first-order valence-electron chi connectivity index (χ1n) is 5.59. The molecule has 5 nitrogen and oxygen atoms in total. The first kappa shape index (κ1) is 13.2. The molecule has 5 heteroatoms. The van der Waals surface area contributed by atoms with Gasteiger partial charge < -0.3 is 4.74 Å². The molecule has 2 aromatic rings. The number of aryl methyl sites for hydroxylation is 2. The molecule has 0 amide bonds. The van der Waals surface area contributed by atoms with Crippen LogP contribution in [-0.4, -0.2) is 26.6 Å². The van der Waals surface area contributed by atoms with E-state index >= 15 is 0 Å². The van der Waals surface area contributed by atoms with Gasteiger partial charge in [0.05, 0.1) is 24.7 Å². The minimum absolute atomic E-state index is 0.507. The second kappa shape index (κ2) is 5.98. The van der Waals surface area contributed by atoms with E-state index in [4.69, 9.17) is 4.74 Å². The Bertz CT molecular complexity index is 479. The Kier molecular flexibility index (Phi) is 4.63. The Balaban J connectivity index is 0.000000686. The topological polar surface area (TPSA) is 52.8 Å². The molecule has 2 rings (SSSR count). The number of hydrogen-bond donors (Lipinski definition) is 0. The minimum Gasteiger partial charge on any atom is -0.478 e. The molecular weight excluding hydrogens is 216 g/mol. The van der Waals surface area contributed by atoms with Crippen molar-refractivity contribution in [1.82, 2.24) is 19.5 Å². The molecule has 0 aliphatic rings. The third-order valence-corrected chi connectivity index (χ3v) is 1.99. The third kappa shape index (κ3) is 3.03. The molecule has 17 heavy (non-hydrogen) atoms. The van der Waals surface area contributed by atoms with Gasteiger partial charge in [-0.1, -0.05) is 13.8 Å². The van der Waals surface area contributed by atoms with Crippen LogP contribution in [0.15, 0.2) is 18.7 Å². The van der Waals surface area contributed by atoms with Gasteiger partial charge in [-0.15, -0.1) is 0 Å². The summed E-state index contributed by atoms with van der Waals surface area (Å²) in [5, 5.41) is 0. The highest BCUT2D eigenvalue weighted by molar-refractivity contribution is 5.35. The van der Waals surface area contributed by atoms with Gasteiger partial charge in [-0.05, 0) is 13.8 Å². The SMILES string of the molecule is CC.COc1nc(C)cnc1-n1cnc(C)c1. The average molecular weight is 234 g/mol. The number of imidazole rings is 1. The first-order chi connectivity index (χ1) is 8.20. The molecule has 92 valence electrons. The fourth-order valence-electron chi connectivity index (χ4n) is 1.30. The lowest BCUT2D eigenvalue weighted by molar-refractivity contribution is 0.392. The number of ether oxygens (including phenoxy) is 1. The van der Waals surface area contributed by atoms with Gasteiger partial charge in [-0.3, -0.25) is 4.57 Å². The molecule has 0 fully saturated rings. The molecule has 0 saturated heterocycles. The lowest BCUT2D eigenvalue weighted by Gasteiger charge is -2.06. The molecule has 0 N–H and O–H groups in total. The molecule has 0 aliphatic carbocycles. The van der Waals surface area contributed by atoms with Gasteiger partial charge in [0.15, 0.2) is 0 Å². The molecule has 0 saturated carbocycles. The van der Waals surface area contributed by atoms with Crippen molar-refractivity contribution in [1.29, 1.82) is 0 Å². The Morgan fingerprint density at radius 3 is 2.35 bits per heavy atom. The predicted molar refractivity (Wildman–Crippen MR) is 66.5 cm³/mol. The van der Waals surface area contributed by atoms with Crippen LogP contribution >= 0.6 is 0 Å². The summed E-state index contributed by atoms with van der Waals surface area (Å²) >= 11 is 0. The normalized spacial score (nSPS) is 9.47. The largest absolute Gasteiger partial charge is 0.478 e. The van der Waals surface area contributed by atoms with Crippen molar-refractivity contribution in [2.45, 2.75) is 27.7 Å². The van der Waals surface area contributed by atoms with Crippen molar-refractivity contribution in [3.63, 3.8) is 0 Å². The van der Waals surface area contributed by atoms with E-state index in [1.165, 1.54) is 0 Å². The average Bonchev–Trinajstić information content (AvgIpc) is 2.78. The smallest absolute Gasteiger partial charge is 0.258 e. The number of nitrogens with zero attached hydrogens (tertiary/aromatic N) is 4. The van der Waals surface area contributed by atoms with Gasteiger partial charge in [-0.25, -0.2) is 15.0 Å². The molecule has 0 radical (unpaired) electrons. The van der Waals surface area contributed by atoms with Crippen LogP contribution in [0.4, 0.5) is 0 Å². The Hall–Kier alpha value is -1.91. The highest BCUT2D eigenvalue weighted by Gasteiger charge is 2.08. The quantitative estimate of drug-likeness (QED) is 0.800. The van der Waals surface area contributed by atoms with E-state index in [-0.39, 0.29) is 0 Å². The van der Waals surface area contributed by atoms with Crippen molar-refractivity contribution < 1.29 is 4.74 Å². The van der Waals surface area contributed by atoms with E-state index < -0.39 is 0 Å². The van der Waals surface area contributed by atoms with Crippen LogP contribution in [0.25, 0.3) is 5.82 Å². The molecule has 2 heterocycles. The number of hydrogen-bond acceptors (Lipinski definition) is 4. The van der Waals surface area contributed by atoms with Crippen LogP contribution in [-0.2, 0) is 0 Å². The molecule has 0 aromatic carbocycles. The summed E-state index contributed by atoms with van der Waals surface area (Å²) in [5.41, 5.74) is 1.76. The summed E-state index contributed by atoms with van der Waals surface area (Å²) in [6, 6.07) is 0. The standard InChI is InChI=1S/C10H12N4O.C2H6/c1-7-4-11-9(10(13-7)15-3)14-5-8(2)12-6-14;1-2/h4-6H,1-3H3;1-2H3. The molecule has 0 spiro atoms. The molecule has 0 unspecified atom stereocenters. The fraction of sp³-hybridized carbons (Fsp3) is 0.417. The number of methoxy groups -OCH3 is 1. The maximum absolute atomic E-state index is 5.17. The third-order valence-electron chi connectivity index (χ3n) is 1.99. The molecule has 0 bridgehead atoms. The molecule has 2 aromatic heterocycles. The van der Waals surface area contributed by atoms with Crippen LogP contribution < -0.4 is 4.74 Å². The summed E-state index contributed by atoms with van der Waals surface area (Å²) in [7, 11) is 1.58. The number of aromatic nitrogens is 4. The predicted octanol–water partition coefficient (Wildman–Crippen LogP) is 2.31. The zero-order valence-electron chi connectivity index (χ0n) is 10.9. The lowest BCUT2D eigenvalue weighted by atomic mass is 10.5. The van der Waals surface area contributed by atoms with E-state index in [9.17, 15) is 0 Å². The monoisotopic (exact) mass is 234 g/mol. The molecule has 0 aliphatic heterocycles. The van der Waals surface area contributed by atoms with Crippen molar-refractivity contribution >= 4 is 0 Å². The van der Waals surface area contributed by atoms with Gasteiger partial charge in [0.25, 0.3) is 5.88 Å². The minimum atomic E-state index is 0.507. The Labute approximate surface area is 102 Å². The summed E-state index contributed by atoms with van der Waals surface area (Å²) in [4.78, 5) is 12.6. The van der Waals surface area contributed by atoms with Crippen LogP contribution in [0.2, 0.25) is 0 Å². The Morgan fingerprint density at radius 2 is 1.82 bits per heavy atom. The summed E-state index contributed by atoms with van der Waals surface area (Å²) < 4.78 is 6.96. The van der Waals surface area contributed by atoms with Gasteiger partial charge >= 0.3 is 0 Å². The van der Waals surface area contributed by atoms with E-state index in [0.29, 0.717) is 11.7 Å². The highest BCUT2D eigenvalue weighted by Crippen LogP contribution is 2.17. The highest BCUT2D eigenvalue weighted by atomic mass is 16.5. The maximum atomic E-state index is 5.17. The van der Waals surface area contributed by atoms with E-state index in [2.05, 4.69) is 15.0 Å². The van der Waals surface area contributed by atoms with Crippen molar-refractivity contribution in [2.75, 3.05) is 7.11 Å². The van der Waals surface area contributed by atoms with Crippen molar-refractivity contribution in [3.8, 4) is 11.7 Å². The number of rotatable bonds is 2. The van der Waals surface area contributed by atoms with E-state index in [1.54, 1.807) is 24.2 Å². The summed E-state index contributed by atoms with van der Waals surface area (Å²) in [5.74, 6) is 1.16. The second-order valence-corrected chi connectivity index (χ2v) is 3.27. The molecular formula is C12H18N4O. The van der Waals surface area contributed by atoms with Gasteiger partial charge in [0.1, 0.15) is 6.33 Å². The zero-order valence-corrected chi connectivity index (χ0v) is 10.9. The maximum Gasteiger partial charge on any atom is 0.258 e. The second-order valence-electron chi connectivity index (χ2n) is 3.27. The van der Waals surface area contributed by atoms with Gasteiger partial charge in [0, 0.05) is 6.20 Å². The van der Waals surface area contributed by atoms with Crippen LogP contribution in [0, 0.1) is 13.8 Å². The van der Waals surface area contributed by atoms with Crippen LogP contribution in [0.5, 0.6) is 5.88 Å². The van der Waals surface area contributed by atoms with Crippen LogP contribution in [0.1, 0.15) is 25.2 Å². The van der Waals surface area contributed by atoms with E-state index in [0.717, 1.165) is 11.4 Å². The van der Waals surface area contributed by atoms with Crippen molar-refractivity contribution in [2.24, 2.45) is 0 Å². The van der Waals surface area contributed by atoms with Gasteiger partial charge in [-0.2, -0.15) is 0 Å². The lowest BCUT2D eigenvalue weighted by Crippen LogP contribution is -2.02. The van der Waals surface area contributed by atoms with E-state index in [1.807, 2.05) is 33.9 Å². The fourth-order valence-corrected chi connectivity index (χ4v) is 1.30. The zero-order chi connectivity index (χ0) is 12.8. The molecule has 0 atom stereocenters. The van der Waals surface area contributed by atoms with Crippen molar-refractivity contribution in [3.05, 3.63) is 30.1 Å². The summed E-state index contributed by atoms with van der Waals surface area (Å²) in [6.45, 7) is 7.79. The van der Waals surface area contributed by atoms with Gasteiger partial charge in [0.2, 0.25) is 5.82 Å².